The highest BCUT2D eigenvalue weighted by molar-refractivity contribution is 7.09. The summed E-state index contributed by atoms with van der Waals surface area (Å²) in [6.45, 7) is 2.34. The number of nitrogens with one attached hydrogen (secondary N) is 1. The standard InChI is InChI=1S/C19H25N3O2S/c1-14-8-9-17(11-20-14)24-12-19-22-16(13-25-19)10-18(23)21-15-6-4-2-3-5-7-15/h8-9,11,13,15H,2-7,10,12H2,1H3,(H,21,23). The smallest absolute Gasteiger partial charge is 0.226 e. The molecule has 0 spiro atoms. The lowest BCUT2D eigenvalue weighted by Gasteiger charge is -2.15. The topological polar surface area (TPSA) is 64.1 Å². The van der Waals surface area contributed by atoms with Crippen molar-refractivity contribution in [2.45, 2.75) is 64.5 Å². The Morgan fingerprint density at radius 3 is 2.80 bits per heavy atom. The molecular weight excluding hydrogens is 334 g/mol. The van der Waals surface area contributed by atoms with E-state index in [0.717, 1.165) is 35.0 Å². The first-order chi connectivity index (χ1) is 12.2. The highest BCUT2D eigenvalue weighted by Gasteiger charge is 2.15. The van der Waals surface area contributed by atoms with Gasteiger partial charge in [0, 0.05) is 17.1 Å². The number of ether oxygens (including phenoxy) is 1. The lowest BCUT2D eigenvalue weighted by Crippen LogP contribution is -2.35. The molecule has 0 aliphatic heterocycles. The lowest BCUT2D eigenvalue weighted by molar-refractivity contribution is -0.121. The molecule has 0 aromatic carbocycles. The fourth-order valence-electron chi connectivity index (χ4n) is 3.05. The normalized spacial score (nSPS) is 15.6. The number of pyridine rings is 1. The van der Waals surface area contributed by atoms with Gasteiger partial charge < -0.3 is 10.1 Å². The summed E-state index contributed by atoms with van der Waals surface area (Å²) in [5.41, 5.74) is 1.78. The molecule has 0 atom stereocenters. The van der Waals surface area contributed by atoms with Gasteiger partial charge in [-0.2, -0.15) is 0 Å². The van der Waals surface area contributed by atoms with Crippen LogP contribution in [0.15, 0.2) is 23.7 Å². The Bertz CT molecular complexity index is 676. The first-order valence-corrected chi connectivity index (χ1v) is 9.85. The van der Waals surface area contributed by atoms with Crippen LogP contribution in [0.25, 0.3) is 0 Å². The van der Waals surface area contributed by atoms with Crippen LogP contribution in [0.3, 0.4) is 0 Å². The highest BCUT2D eigenvalue weighted by Crippen LogP contribution is 2.18. The van der Waals surface area contributed by atoms with Crippen LogP contribution in [0.1, 0.15) is 54.9 Å². The van der Waals surface area contributed by atoms with Crippen LogP contribution in [0.2, 0.25) is 0 Å². The van der Waals surface area contributed by atoms with E-state index in [0.29, 0.717) is 19.1 Å². The Labute approximate surface area is 152 Å². The number of aromatic nitrogens is 2. The van der Waals surface area contributed by atoms with E-state index < -0.39 is 0 Å². The third kappa shape index (κ3) is 5.81. The number of amides is 1. The predicted octanol–water partition coefficient (Wildman–Crippen LogP) is 3.81. The molecule has 1 fully saturated rings. The van der Waals surface area contributed by atoms with Crippen molar-refractivity contribution in [1.82, 2.24) is 15.3 Å². The number of hydrogen-bond acceptors (Lipinski definition) is 5. The molecule has 2 aromatic heterocycles. The van der Waals surface area contributed by atoms with Crippen molar-refractivity contribution in [3.05, 3.63) is 40.1 Å². The second-order valence-electron chi connectivity index (χ2n) is 6.59. The third-order valence-corrected chi connectivity index (χ3v) is 5.28. The number of rotatable bonds is 6. The summed E-state index contributed by atoms with van der Waals surface area (Å²) in [5, 5.41) is 5.98. The first-order valence-electron chi connectivity index (χ1n) is 8.97. The third-order valence-electron chi connectivity index (χ3n) is 4.41. The minimum absolute atomic E-state index is 0.0763. The second kappa shape index (κ2) is 8.94. The van der Waals surface area contributed by atoms with Crippen molar-refractivity contribution in [2.75, 3.05) is 0 Å². The van der Waals surface area contributed by atoms with Crippen LogP contribution in [-0.2, 0) is 17.8 Å². The van der Waals surface area contributed by atoms with E-state index in [-0.39, 0.29) is 5.91 Å². The molecule has 1 N–H and O–H groups in total. The highest BCUT2D eigenvalue weighted by atomic mass is 32.1. The van der Waals surface area contributed by atoms with Gasteiger partial charge in [-0.15, -0.1) is 11.3 Å². The van der Waals surface area contributed by atoms with Gasteiger partial charge in [-0.1, -0.05) is 25.7 Å². The quantitative estimate of drug-likeness (QED) is 0.797. The maximum Gasteiger partial charge on any atom is 0.226 e. The number of thiazole rings is 1. The van der Waals surface area contributed by atoms with Crippen molar-refractivity contribution in [3.63, 3.8) is 0 Å². The first kappa shape index (κ1) is 17.9. The molecule has 0 bridgehead atoms. The average molecular weight is 359 g/mol. The van der Waals surface area contributed by atoms with Gasteiger partial charge in [0.1, 0.15) is 17.4 Å². The van der Waals surface area contributed by atoms with Crippen molar-refractivity contribution in [1.29, 1.82) is 0 Å². The van der Waals surface area contributed by atoms with Crippen LogP contribution >= 0.6 is 11.3 Å². The van der Waals surface area contributed by atoms with E-state index in [9.17, 15) is 4.79 Å². The summed E-state index contributed by atoms with van der Waals surface area (Å²) < 4.78 is 5.69. The van der Waals surface area contributed by atoms with Crippen LogP contribution in [0, 0.1) is 6.92 Å². The van der Waals surface area contributed by atoms with Gasteiger partial charge in [-0.3, -0.25) is 9.78 Å². The van der Waals surface area contributed by atoms with E-state index in [2.05, 4.69) is 15.3 Å². The molecule has 5 nitrogen and oxygen atoms in total. The van der Waals surface area contributed by atoms with Gasteiger partial charge in [0.05, 0.1) is 18.3 Å². The number of aryl methyl sites for hydroxylation is 1. The Balaban J connectivity index is 1.45. The van der Waals surface area contributed by atoms with E-state index >= 15 is 0 Å². The number of hydrogen-bond donors (Lipinski definition) is 1. The minimum Gasteiger partial charge on any atom is -0.485 e. The van der Waals surface area contributed by atoms with E-state index in [1.54, 1.807) is 6.20 Å². The summed E-state index contributed by atoms with van der Waals surface area (Å²) in [5.74, 6) is 0.806. The number of carbonyl (C=O) groups is 1. The summed E-state index contributed by atoms with van der Waals surface area (Å²) >= 11 is 1.53. The van der Waals surface area contributed by atoms with Crippen molar-refractivity contribution < 1.29 is 9.53 Å². The summed E-state index contributed by atoms with van der Waals surface area (Å²) in [4.78, 5) is 20.9. The molecule has 25 heavy (non-hydrogen) atoms. The van der Waals surface area contributed by atoms with Crippen molar-refractivity contribution in [2.24, 2.45) is 0 Å². The van der Waals surface area contributed by atoms with Gasteiger partial charge in [0.2, 0.25) is 5.91 Å². The molecule has 0 unspecified atom stereocenters. The van der Waals surface area contributed by atoms with E-state index in [4.69, 9.17) is 4.74 Å². The summed E-state index contributed by atoms with van der Waals surface area (Å²) in [7, 11) is 0. The van der Waals surface area contributed by atoms with Crippen molar-refractivity contribution >= 4 is 17.2 Å². The molecule has 0 radical (unpaired) electrons. The zero-order valence-electron chi connectivity index (χ0n) is 14.7. The predicted molar refractivity (Wildman–Crippen MR) is 98.8 cm³/mol. The Morgan fingerprint density at radius 2 is 2.08 bits per heavy atom. The monoisotopic (exact) mass is 359 g/mol. The van der Waals surface area contributed by atoms with Crippen LogP contribution < -0.4 is 10.1 Å². The van der Waals surface area contributed by atoms with E-state index in [1.165, 1.54) is 37.0 Å². The van der Waals surface area contributed by atoms with Gasteiger partial charge >= 0.3 is 0 Å². The fourth-order valence-corrected chi connectivity index (χ4v) is 3.75. The number of nitrogens with zero attached hydrogens (tertiary/aromatic N) is 2. The van der Waals surface area contributed by atoms with E-state index in [1.807, 2.05) is 24.4 Å². The zero-order valence-corrected chi connectivity index (χ0v) is 15.5. The Morgan fingerprint density at radius 1 is 1.28 bits per heavy atom. The van der Waals surface area contributed by atoms with Gasteiger partial charge in [-0.05, 0) is 31.9 Å². The van der Waals surface area contributed by atoms with Crippen molar-refractivity contribution in [3.8, 4) is 5.75 Å². The zero-order chi connectivity index (χ0) is 17.5. The molecule has 3 rings (SSSR count). The number of carbonyl (C=O) groups excluding carboxylic acids is 1. The molecule has 134 valence electrons. The molecule has 1 aliphatic carbocycles. The second-order valence-corrected chi connectivity index (χ2v) is 7.53. The minimum atomic E-state index is 0.0763. The van der Waals surface area contributed by atoms with Crippen LogP contribution in [0.4, 0.5) is 0 Å². The maximum atomic E-state index is 12.2. The Kier molecular flexibility index (Phi) is 6.39. The SMILES string of the molecule is Cc1ccc(OCc2nc(CC(=O)NC3CCCCCC3)cs2)cn1. The fraction of sp³-hybridized carbons (Fsp3) is 0.526. The van der Waals surface area contributed by atoms with Crippen LogP contribution in [0.5, 0.6) is 5.75 Å². The van der Waals surface area contributed by atoms with Gasteiger partial charge in [0.25, 0.3) is 0 Å². The average Bonchev–Trinajstić information content (AvgIpc) is 2.88. The molecule has 0 saturated heterocycles. The van der Waals surface area contributed by atoms with Gasteiger partial charge in [0.15, 0.2) is 0 Å². The van der Waals surface area contributed by atoms with Gasteiger partial charge in [-0.25, -0.2) is 4.98 Å². The lowest BCUT2D eigenvalue weighted by atomic mass is 10.1. The largest absolute Gasteiger partial charge is 0.485 e. The Hall–Kier alpha value is -1.95. The molecular formula is C19H25N3O2S. The van der Waals surface area contributed by atoms with Crippen LogP contribution in [-0.4, -0.2) is 21.9 Å². The molecule has 6 heteroatoms. The molecule has 1 saturated carbocycles. The molecule has 1 amide bonds. The maximum absolute atomic E-state index is 12.2. The summed E-state index contributed by atoms with van der Waals surface area (Å²) in [6.07, 6.45) is 9.28. The summed E-state index contributed by atoms with van der Waals surface area (Å²) in [6, 6.07) is 4.16. The molecule has 2 heterocycles. The molecule has 2 aromatic rings. The molecule has 1 aliphatic rings.